The molecule has 1 N–H and O–H groups in total. The van der Waals surface area contributed by atoms with Crippen LogP contribution in [-0.4, -0.2) is 24.1 Å². The van der Waals surface area contributed by atoms with Crippen LogP contribution in [0.5, 0.6) is 0 Å². The van der Waals surface area contributed by atoms with E-state index < -0.39 is 0 Å². The van der Waals surface area contributed by atoms with E-state index in [1.54, 1.807) is 24.3 Å². The first kappa shape index (κ1) is 18.7. The molecule has 0 radical (unpaired) electrons. The molecule has 2 aliphatic rings. The molecule has 6 nitrogen and oxygen atoms in total. The smallest absolute Gasteiger partial charge is 0.282 e. The molecule has 2 aliphatic heterocycles. The highest BCUT2D eigenvalue weighted by atomic mass is 16.2. The summed E-state index contributed by atoms with van der Waals surface area (Å²) in [6.07, 6.45) is 4.02. The summed E-state index contributed by atoms with van der Waals surface area (Å²) in [5.74, 6) is -0.299. The van der Waals surface area contributed by atoms with Crippen molar-refractivity contribution in [2.45, 2.75) is 20.8 Å². The van der Waals surface area contributed by atoms with E-state index in [2.05, 4.69) is 34.4 Å². The van der Waals surface area contributed by atoms with Crippen LogP contribution in [0.15, 0.2) is 71.0 Å². The molecule has 4 rings (SSSR count). The highest BCUT2D eigenvalue weighted by Gasteiger charge is 2.33. The SMILES string of the molecule is CCN1C(=C2C(=O)N(c3ccc(NC(C)=O)cc3)N=C2C)C=Cc2ccccc21. The van der Waals surface area contributed by atoms with E-state index in [9.17, 15) is 9.59 Å². The minimum absolute atomic E-state index is 0.139. The second-order valence-corrected chi connectivity index (χ2v) is 6.93. The third-order valence-electron chi connectivity index (χ3n) is 4.96. The van der Waals surface area contributed by atoms with Crippen LogP contribution in [0, 0.1) is 0 Å². The van der Waals surface area contributed by atoms with Gasteiger partial charge in [-0.1, -0.05) is 24.3 Å². The molecule has 0 bridgehead atoms. The molecule has 0 aliphatic carbocycles. The lowest BCUT2D eigenvalue weighted by atomic mass is 10.0. The average Bonchev–Trinajstić information content (AvgIpc) is 3.01. The molecule has 2 heterocycles. The van der Waals surface area contributed by atoms with Crippen LogP contribution in [0.2, 0.25) is 0 Å². The van der Waals surface area contributed by atoms with Crippen LogP contribution < -0.4 is 15.2 Å². The van der Waals surface area contributed by atoms with Crippen LogP contribution in [0.4, 0.5) is 17.1 Å². The third kappa shape index (κ3) is 3.33. The van der Waals surface area contributed by atoms with E-state index in [-0.39, 0.29) is 11.8 Å². The third-order valence-corrected chi connectivity index (χ3v) is 4.96. The Bertz CT molecular complexity index is 1080. The lowest BCUT2D eigenvalue weighted by Crippen LogP contribution is -2.29. The van der Waals surface area contributed by atoms with E-state index in [1.807, 2.05) is 31.2 Å². The molecule has 0 spiro atoms. The van der Waals surface area contributed by atoms with Gasteiger partial charge in [-0.15, -0.1) is 0 Å². The van der Waals surface area contributed by atoms with Crippen molar-refractivity contribution in [2.75, 3.05) is 21.8 Å². The van der Waals surface area contributed by atoms with Gasteiger partial charge in [-0.3, -0.25) is 9.59 Å². The summed E-state index contributed by atoms with van der Waals surface area (Å²) < 4.78 is 0. The summed E-state index contributed by atoms with van der Waals surface area (Å²) in [6.45, 7) is 6.13. The fourth-order valence-electron chi connectivity index (χ4n) is 3.69. The summed E-state index contributed by atoms with van der Waals surface area (Å²) in [6, 6.07) is 15.2. The minimum Gasteiger partial charge on any atom is -0.341 e. The fourth-order valence-corrected chi connectivity index (χ4v) is 3.69. The summed E-state index contributed by atoms with van der Waals surface area (Å²) in [5, 5.41) is 8.64. The van der Waals surface area contributed by atoms with E-state index in [0.29, 0.717) is 22.7 Å². The lowest BCUT2D eigenvalue weighted by Gasteiger charge is -2.30. The van der Waals surface area contributed by atoms with Crippen LogP contribution in [0.1, 0.15) is 26.3 Å². The number of nitrogens with zero attached hydrogens (tertiary/aromatic N) is 3. The molecule has 146 valence electrons. The number of benzene rings is 2. The Kier molecular flexibility index (Phi) is 4.76. The van der Waals surface area contributed by atoms with Crippen LogP contribution in [0.3, 0.4) is 0 Å². The maximum atomic E-state index is 13.3. The standard InChI is InChI=1S/C23H22N4O2/c1-4-26-20-8-6-5-7-17(20)9-14-21(26)22-15(2)25-27(23(22)29)19-12-10-18(11-13-19)24-16(3)28/h5-14H,4H2,1-3H3,(H,24,28). The number of carbonyl (C=O) groups excluding carboxylic acids is 2. The second kappa shape index (κ2) is 7.39. The molecule has 0 atom stereocenters. The van der Waals surface area contributed by atoms with Gasteiger partial charge in [0.05, 0.1) is 22.7 Å². The first-order chi connectivity index (χ1) is 14.0. The Morgan fingerprint density at radius 2 is 1.79 bits per heavy atom. The van der Waals surface area contributed by atoms with Gasteiger partial charge in [0.25, 0.3) is 5.91 Å². The Morgan fingerprint density at radius 1 is 1.07 bits per heavy atom. The van der Waals surface area contributed by atoms with Crippen molar-refractivity contribution < 1.29 is 9.59 Å². The predicted molar refractivity (Wildman–Crippen MR) is 117 cm³/mol. The number of hydrazone groups is 1. The van der Waals surface area contributed by atoms with Gasteiger partial charge >= 0.3 is 0 Å². The number of hydrogen-bond donors (Lipinski definition) is 1. The number of para-hydroxylation sites is 1. The highest BCUT2D eigenvalue weighted by molar-refractivity contribution is 6.30. The Balaban J connectivity index is 1.70. The first-order valence-corrected chi connectivity index (χ1v) is 9.56. The van der Waals surface area contributed by atoms with Crippen molar-refractivity contribution >= 4 is 40.7 Å². The summed E-state index contributed by atoms with van der Waals surface area (Å²) in [4.78, 5) is 26.6. The Morgan fingerprint density at radius 3 is 2.48 bits per heavy atom. The van der Waals surface area contributed by atoms with Crippen LogP contribution in [-0.2, 0) is 9.59 Å². The van der Waals surface area contributed by atoms with Crippen LogP contribution >= 0.6 is 0 Å². The number of nitrogens with one attached hydrogen (secondary N) is 1. The molecule has 2 amide bonds. The average molecular weight is 386 g/mol. The first-order valence-electron chi connectivity index (χ1n) is 9.56. The van der Waals surface area contributed by atoms with Gasteiger partial charge in [0.15, 0.2) is 0 Å². The topological polar surface area (TPSA) is 65.0 Å². The van der Waals surface area contributed by atoms with Crippen molar-refractivity contribution in [3.63, 3.8) is 0 Å². The zero-order chi connectivity index (χ0) is 20.5. The van der Waals surface area contributed by atoms with E-state index >= 15 is 0 Å². The minimum atomic E-state index is -0.160. The number of fused-ring (bicyclic) bond motifs is 1. The number of carbonyl (C=O) groups is 2. The predicted octanol–water partition coefficient (Wildman–Crippen LogP) is 4.17. The molecule has 0 unspecified atom stereocenters. The summed E-state index contributed by atoms with van der Waals surface area (Å²) in [5.41, 5.74) is 5.68. The normalized spacial score (nSPS) is 18.0. The van der Waals surface area contributed by atoms with E-state index in [1.165, 1.54) is 11.9 Å². The fraction of sp³-hybridized carbons (Fsp3) is 0.174. The van der Waals surface area contributed by atoms with Crippen molar-refractivity contribution in [1.82, 2.24) is 0 Å². The van der Waals surface area contributed by atoms with Crippen molar-refractivity contribution in [1.29, 1.82) is 0 Å². The monoisotopic (exact) mass is 386 g/mol. The number of rotatable bonds is 3. The number of hydrogen-bond acceptors (Lipinski definition) is 4. The molecule has 0 fully saturated rings. The zero-order valence-electron chi connectivity index (χ0n) is 16.6. The van der Waals surface area contributed by atoms with E-state index in [0.717, 1.165) is 23.5 Å². The van der Waals surface area contributed by atoms with Gasteiger partial charge in [-0.2, -0.15) is 10.1 Å². The summed E-state index contributed by atoms with van der Waals surface area (Å²) in [7, 11) is 0. The molecule has 0 saturated heterocycles. The maximum Gasteiger partial charge on any atom is 0.282 e. The van der Waals surface area contributed by atoms with Gasteiger partial charge in [0.1, 0.15) is 0 Å². The highest BCUT2D eigenvalue weighted by Crippen LogP contribution is 2.35. The molecule has 2 aromatic rings. The van der Waals surface area contributed by atoms with Gasteiger partial charge in [0.2, 0.25) is 5.91 Å². The summed E-state index contributed by atoms with van der Waals surface area (Å²) >= 11 is 0. The van der Waals surface area contributed by atoms with Crippen LogP contribution in [0.25, 0.3) is 6.08 Å². The van der Waals surface area contributed by atoms with E-state index in [4.69, 9.17) is 0 Å². The van der Waals surface area contributed by atoms with Gasteiger partial charge < -0.3 is 10.2 Å². The Labute approximate surface area is 169 Å². The maximum absolute atomic E-state index is 13.3. The molecule has 0 saturated carbocycles. The molecule has 29 heavy (non-hydrogen) atoms. The Hall–Kier alpha value is -3.67. The lowest BCUT2D eigenvalue weighted by molar-refractivity contribution is -0.115. The van der Waals surface area contributed by atoms with Crippen molar-refractivity contribution in [3.8, 4) is 0 Å². The molecule has 6 heteroatoms. The number of amides is 2. The molecule has 2 aromatic carbocycles. The number of likely N-dealkylation sites (N-methyl/N-ethyl adjacent to an activating group) is 1. The molecular formula is C23H22N4O2. The molecule has 0 aromatic heterocycles. The second-order valence-electron chi connectivity index (χ2n) is 6.93. The number of allylic oxidation sites excluding steroid dienone is 1. The van der Waals surface area contributed by atoms with Crippen molar-refractivity contribution in [3.05, 3.63) is 71.4 Å². The molecular weight excluding hydrogens is 364 g/mol. The van der Waals surface area contributed by atoms with Gasteiger partial charge in [-0.25, -0.2) is 0 Å². The zero-order valence-corrected chi connectivity index (χ0v) is 16.6. The van der Waals surface area contributed by atoms with Gasteiger partial charge in [0, 0.05) is 24.8 Å². The van der Waals surface area contributed by atoms with Crippen molar-refractivity contribution in [2.24, 2.45) is 5.10 Å². The number of anilines is 3. The largest absolute Gasteiger partial charge is 0.341 e. The van der Waals surface area contributed by atoms with Gasteiger partial charge in [-0.05, 0) is 55.8 Å². The quantitative estimate of drug-likeness (QED) is 0.805.